The van der Waals surface area contributed by atoms with E-state index in [0.29, 0.717) is 42.1 Å². The van der Waals surface area contributed by atoms with E-state index in [4.69, 9.17) is 31.5 Å². The van der Waals surface area contributed by atoms with Crippen LogP contribution in [0.3, 0.4) is 0 Å². The van der Waals surface area contributed by atoms with Crippen LogP contribution < -0.4 is 25.4 Å². The van der Waals surface area contributed by atoms with Crippen molar-refractivity contribution in [1.82, 2.24) is 15.3 Å². The Hall–Kier alpha value is -2.78. The zero-order valence-electron chi connectivity index (χ0n) is 19.8. The Balaban J connectivity index is 1.90. The Morgan fingerprint density at radius 3 is 2.73 bits per heavy atom. The second-order valence-corrected chi connectivity index (χ2v) is 9.38. The molecule has 2 heterocycles. The first-order chi connectivity index (χ1) is 15.6. The summed E-state index contributed by atoms with van der Waals surface area (Å²) in [5.41, 5.74) is 7.14. The lowest BCUT2D eigenvalue weighted by molar-refractivity contribution is -0.124. The largest absolute Gasteiger partial charge is 0.493 e. The van der Waals surface area contributed by atoms with Gasteiger partial charge in [-0.3, -0.25) is 4.79 Å². The van der Waals surface area contributed by atoms with Crippen LogP contribution in [0.2, 0.25) is 5.02 Å². The predicted molar refractivity (Wildman–Crippen MR) is 128 cm³/mol. The molecule has 1 aliphatic heterocycles. The third-order valence-electron chi connectivity index (χ3n) is 5.01. The van der Waals surface area contributed by atoms with Crippen LogP contribution in [0.5, 0.6) is 11.5 Å². The number of aryl methyl sites for hydroxylation is 1. The molecule has 1 aromatic carbocycles. The Morgan fingerprint density at radius 2 is 2.06 bits per heavy atom. The van der Waals surface area contributed by atoms with Gasteiger partial charge in [0.05, 0.1) is 19.8 Å². The molecule has 9 nitrogen and oxygen atoms in total. The molecule has 0 saturated carbocycles. The second-order valence-electron chi connectivity index (χ2n) is 8.97. The highest BCUT2D eigenvalue weighted by Crippen LogP contribution is 2.39. The summed E-state index contributed by atoms with van der Waals surface area (Å²) < 4.78 is 17.1. The molecule has 0 radical (unpaired) electrons. The minimum Gasteiger partial charge on any atom is -0.493 e. The molecule has 0 bridgehead atoms. The number of hydrogen-bond donors (Lipinski definition) is 2. The normalized spacial score (nSPS) is 16.8. The minimum absolute atomic E-state index is 0.151. The third-order valence-corrected chi connectivity index (χ3v) is 5.33. The van der Waals surface area contributed by atoms with E-state index in [1.807, 2.05) is 39.8 Å². The highest BCUT2D eigenvalue weighted by Gasteiger charge is 2.28. The van der Waals surface area contributed by atoms with E-state index in [1.165, 1.54) is 0 Å². The molecule has 33 heavy (non-hydrogen) atoms. The smallest absolute Gasteiger partial charge is 0.258 e. The van der Waals surface area contributed by atoms with E-state index in [0.717, 1.165) is 17.7 Å². The highest BCUT2D eigenvalue weighted by atomic mass is 35.5. The van der Waals surface area contributed by atoms with Crippen molar-refractivity contribution in [1.29, 1.82) is 0 Å². The van der Waals surface area contributed by atoms with E-state index in [-0.39, 0.29) is 30.0 Å². The molecule has 1 unspecified atom stereocenters. The molecule has 10 heteroatoms. The van der Waals surface area contributed by atoms with Crippen molar-refractivity contribution >= 4 is 29.3 Å². The van der Waals surface area contributed by atoms with Crippen molar-refractivity contribution in [3.63, 3.8) is 0 Å². The summed E-state index contributed by atoms with van der Waals surface area (Å²) in [5.74, 6) is 1.56. The van der Waals surface area contributed by atoms with E-state index < -0.39 is 0 Å². The average molecular weight is 478 g/mol. The number of hydrogen-bond acceptors (Lipinski definition) is 8. The van der Waals surface area contributed by atoms with Gasteiger partial charge in [-0.05, 0) is 45.7 Å². The third kappa shape index (κ3) is 6.61. The van der Waals surface area contributed by atoms with Crippen molar-refractivity contribution in [2.45, 2.75) is 45.7 Å². The molecule has 1 saturated heterocycles. The van der Waals surface area contributed by atoms with Gasteiger partial charge in [0.25, 0.3) is 5.91 Å². The van der Waals surface area contributed by atoms with Crippen molar-refractivity contribution < 1.29 is 19.0 Å². The molecule has 3 N–H and O–H groups in total. The predicted octanol–water partition coefficient (Wildman–Crippen LogP) is 3.29. The SMILES string of the molecule is COc1cc(C2COCCCN2c2cc(C)nc(N)n2)c(Cl)cc1OCC(=O)NC(C)(C)C. The topological polar surface area (TPSA) is 112 Å². The fourth-order valence-corrected chi connectivity index (χ4v) is 3.99. The van der Waals surface area contributed by atoms with E-state index >= 15 is 0 Å². The number of carbonyl (C=O) groups excluding carboxylic acids is 1. The van der Waals surface area contributed by atoms with E-state index in [2.05, 4.69) is 20.2 Å². The van der Waals surface area contributed by atoms with Crippen LogP contribution in [0, 0.1) is 6.92 Å². The molecule has 1 amide bonds. The number of aromatic nitrogens is 2. The molecule has 1 atom stereocenters. The van der Waals surface area contributed by atoms with E-state index in [1.54, 1.807) is 13.2 Å². The van der Waals surface area contributed by atoms with Gasteiger partial charge in [0.15, 0.2) is 18.1 Å². The molecule has 2 aromatic rings. The molecule has 3 rings (SSSR count). The summed E-state index contributed by atoms with van der Waals surface area (Å²) in [7, 11) is 1.55. The molecule has 1 aromatic heterocycles. The summed E-state index contributed by atoms with van der Waals surface area (Å²) in [6, 6.07) is 5.16. The molecule has 180 valence electrons. The maximum atomic E-state index is 12.2. The lowest BCUT2D eigenvalue weighted by Gasteiger charge is -2.32. The van der Waals surface area contributed by atoms with Gasteiger partial charge >= 0.3 is 0 Å². The average Bonchev–Trinajstić information content (AvgIpc) is 2.96. The quantitative estimate of drug-likeness (QED) is 0.651. The number of amides is 1. The maximum absolute atomic E-state index is 12.2. The lowest BCUT2D eigenvalue weighted by atomic mass is 10.0. The number of nitrogens with one attached hydrogen (secondary N) is 1. The first-order valence-corrected chi connectivity index (χ1v) is 11.2. The van der Waals surface area contributed by atoms with Crippen LogP contribution in [0.25, 0.3) is 0 Å². The number of halogens is 1. The van der Waals surface area contributed by atoms with Crippen LogP contribution >= 0.6 is 11.6 Å². The fraction of sp³-hybridized carbons (Fsp3) is 0.522. The Bertz CT molecular complexity index is 975. The molecule has 1 fully saturated rings. The van der Waals surface area contributed by atoms with Crippen LogP contribution in [0.1, 0.15) is 44.5 Å². The van der Waals surface area contributed by atoms with Crippen molar-refractivity contribution in [2.75, 3.05) is 44.1 Å². The summed E-state index contributed by atoms with van der Waals surface area (Å²) >= 11 is 6.71. The Kier molecular flexibility index (Phi) is 7.86. The lowest BCUT2D eigenvalue weighted by Crippen LogP contribution is -2.43. The number of benzene rings is 1. The monoisotopic (exact) mass is 477 g/mol. The van der Waals surface area contributed by atoms with Crippen LogP contribution in [-0.2, 0) is 9.53 Å². The van der Waals surface area contributed by atoms with Gasteiger partial charge in [-0.15, -0.1) is 0 Å². The van der Waals surface area contributed by atoms with Crippen molar-refractivity contribution in [3.8, 4) is 11.5 Å². The van der Waals surface area contributed by atoms with Gasteiger partial charge in [-0.25, -0.2) is 4.98 Å². The van der Waals surface area contributed by atoms with Gasteiger partial charge in [0.2, 0.25) is 5.95 Å². The highest BCUT2D eigenvalue weighted by molar-refractivity contribution is 6.31. The number of carbonyl (C=O) groups is 1. The van der Waals surface area contributed by atoms with Gasteiger partial charge in [-0.1, -0.05) is 11.6 Å². The summed E-state index contributed by atoms with van der Waals surface area (Å²) in [6.45, 7) is 9.21. The summed E-state index contributed by atoms with van der Waals surface area (Å²) in [6.07, 6.45) is 0.832. The fourth-order valence-electron chi connectivity index (χ4n) is 3.71. The molecular formula is C23H32ClN5O4. The van der Waals surface area contributed by atoms with Gasteiger partial charge < -0.3 is 30.2 Å². The van der Waals surface area contributed by atoms with E-state index in [9.17, 15) is 4.79 Å². The zero-order chi connectivity index (χ0) is 24.2. The maximum Gasteiger partial charge on any atom is 0.258 e. The summed E-state index contributed by atoms with van der Waals surface area (Å²) in [5, 5.41) is 3.33. The zero-order valence-corrected chi connectivity index (χ0v) is 20.5. The van der Waals surface area contributed by atoms with Crippen LogP contribution in [0.15, 0.2) is 18.2 Å². The van der Waals surface area contributed by atoms with Crippen LogP contribution in [-0.4, -0.2) is 54.9 Å². The number of nitrogens with two attached hydrogens (primary N) is 1. The number of ether oxygens (including phenoxy) is 3. The van der Waals surface area contributed by atoms with Crippen molar-refractivity contribution in [2.24, 2.45) is 0 Å². The standard InChI is InChI=1S/C23H32ClN5O4/c1-14-9-20(27-22(25)26-14)29-7-6-8-32-12-17(29)15-10-18(31-5)19(11-16(15)24)33-13-21(30)28-23(2,3)4/h9-11,17H,6-8,12-13H2,1-5H3,(H,28,30)(H2,25,26,27). The molecule has 0 spiro atoms. The Labute approximate surface area is 199 Å². The number of nitrogens with zero attached hydrogens (tertiary/aromatic N) is 3. The number of anilines is 2. The van der Waals surface area contributed by atoms with Gasteiger partial charge in [-0.2, -0.15) is 4.98 Å². The number of methoxy groups -OCH3 is 1. The Morgan fingerprint density at radius 1 is 1.30 bits per heavy atom. The summed E-state index contributed by atoms with van der Waals surface area (Å²) in [4.78, 5) is 22.9. The number of nitrogen functional groups attached to an aromatic ring is 1. The van der Waals surface area contributed by atoms with Crippen LogP contribution in [0.4, 0.5) is 11.8 Å². The number of rotatable bonds is 6. The minimum atomic E-state index is -0.349. The van der Waals surface area contributed by atoms with Gasteiger partial charge in [0, 0.05) is 41.5 Å². The second kappa shape index (κ2) is 10.4. The van der Waals surface area contributed by atoms with Gasteiger partial charge in [0.1, 0.15) is 5.82 Å². The first kappa shape index (κ1) is 24.9. The van der Waals surface area contributed by atoms with Crippen molar-refractivity contribution in [3.05, 3.63) is 34.5 Å². The molecule has 0 aliphatic carbocycles. The molecular weight excluding hydrogens is 446 g/mol. The first-order valence-electron chi connectivity index (χ1n) is 10.8. The molecule has 1 aliphatic rings.